The lowest BCUT2D eigenvalue weighted by Crippen LogP contribution is -2.35. The molecule has 1 aliphatic heterocycles. The fourth-order valence-electron chi connectivity index (χ4n) is 2.94. The Bertz CT molecular complexity index is 628. The average molecular weight is 365 g/mol. The van der Waals surface area contributed by atoms with E-state index in [2.05, 4.69) is 42.8 Å². The Morgan fingerprint density at radius 3 is 2.68 bits per heavy atom. The van der Waals surface area contributed by atoms with Crippen molar-refractivity contribution in [3.05, 3.63) is 40.6 Å². The van der Waals surface area contributed by atoms with Gasteiger partial charge in [0.25, 0.3) is 0 Å². The molecule has 1 heterocycles. The van der Waals surface area contributed by atoms with Crippen LogP contribution in [0.25, 0.3) is 0 Å². The van der Waals surface area contributed by atoms with Gasteiger partial charge in [-0.1, -0.05) is 24.6 Å². The van der Waals surface area contributed by atoms with Gasteiger partial charge in [-0.2, -0.15) is 0 Å². The van der Waals surface area contributed by atoms with Crippen LogP contribution in [0, 0.1) is 13.8 Å². The van der Waals surface area contributed by atoms with Gasteiger partial charge < -0.3 is 14.4 Å². The first-order chi connectivity index (χ1) is 12.1. The smallest absolute Gasteiger partial charge is 0.197 e. The summed E-state index contributed by atoms with van der Waals surface area (Å²) in [4.78, 5) is 6.32. The van der Waals surface area contributed by atoms with Crippen LogP contribution < -0.4 is 4.74 Å². The van der Waals surface area contributed by atoms with Crippen molar-refractivity contribution < 1.29 is 9.47 Å². The highest BCUT2D eigenvalue weighted by atomic mass is 35.5. The lowest BCUT2D eigenvalue weighted by Gasteiger charge is -2.31. The second-order valence-corrected chi connectivity index (χ2v) is 6.47. The van der Waals surface area contributed by atoms with E-state index >= 15 is 0 Å². The van der Waals surface area contributed by atoms with E-state index in [0.29, 0.717) is 6.61 Å². The Labute approximate surface area is 156 Å². The minimum Gasteiger partial charge on any atom is -0.491 e. The molecule has 1 aromatic carbocycles. The van der Waals surface area contributed by atoms with Crippen molar-refractivity contribution in [3.8, 4) is 5.75 Å². The average Bonchev–Trinajstić information content (AvgIpc) is 2.61. The normalized spacial score (nSPS) is 16.9. The largest absolute Gasteiger partial charge is 0.491 e. The molecule has 0 saturated carbocycles. The fraction of sp³-hybridized carbons (Fsp3) is 0.550. The highest BCUT2D eigenvalue weighted by Gasteiger charge is 2.18. The van der Waals surface area contributed by atoms with Gasteiger partial charge >= 0.3 is 0 Å². The zero-order chi connectivity index (χ0) is 18.2. The second-order valence-electron chi connectivity index (χ2n) is 6.08. The minimum absolute atomic E-state index is 0.340. The predicted octanol–water partition coefficient (Wildman–Crippen LogP) is 4.46. The van der Waals surface area contributed by atoms with Crippen molar-refractivity contribution in [3.63, 3.8) is 0 Å². The summed E-state index contributed by atoms with van der Waals surface area (Å²) < 4.78 is 11.5. The molecule has 0 amide bonds. The third-order valence-corrected chi connectivity index (χ3v) is 4.97. The maximum Gasteiger partial charge on any atom is 0.197 e. The van der Waals surface area contributed by atoms with Crippen LogP contribution in [-0.4, -0.2) is 43.1 Å². The van der Waals surface area contributed by atoms with Crippen LogP contribution in [0.5, 0.6) is 5.75 Å². The third kappa shape index (κ3) is 5.23. The quantitative estimate of drug-likeness (QED) is 0.368. The molecule has 0 aliphatic carbocycles. The van der Waals surface area contributed by atoms with E-state index in [1.807, 2.05) is 13.0 Å². The molecule has 0 aromatic heterocycles. The van der Waals surface area contributed by atoms with Crippen molar-refractivity contribution in [2.24, 2.45) is 4.99 Å². The number of hydrogen-bond donors (Lipinski definition) is 0. The Hall–Kier alpha value is -1.52. The molecule has 0 fully saturated rings. The summed E-state index contributed by atoms with van der Waals surface area (Å²) in [6.45, 7) is 11.2. The highest BCUT2D eigenvalue weighted by Crippen LogP contribution is 2.25. The van der Waals surface area contributed by atoms with E-state index in [0.717, 1.165) is 38.3 Å². The zero-order valence-electron chi connectivity index (χ0n) is 15.7. The summed E-state index contributed by atoms with van der Waals surface area (Å²) in [6, 6.07) is 4.20. The Balaban J connectivity index is 1.93. The molecule has 2 rings (SSSR count). The van der Waals surface area contributed by atoms with Crippen molar-refractivity contribution in [2.75, 3.05) is 26.4 Å². The summed E-state index contributed by atoms with van der Waals surface area (Å²) in [6.07, 6.45) is 5.66. The van der Waals surface area contributed by atoms with Gasteiger partial charge in [0.15, 0.2) is 5.62 Å². The van der Waals surface area contributed by atoms with Gasteiger partial charge in [-0.15, -0.1) is 0 Å². The van der Waals surface area contributed by atoms with Crippen LogP contribution in [-0.2, 0) is 11.2 Å². The van der Waals surface area contributed by atoms with Gasteiger partial charge in [-0.05, 0) is 62.4 Å². The maximum absolute atomic E-state index is 6.30. The number of hydrogen-bond acceptors (Lipinski definition) is 4. The van der Waals surface area contributed by atoms with Crippen molar-refractivity contribution in [1.29, 1.82) is 0 Å². The fourth-order valence-corrected chi connectivity index (χ4v) is 3.23. The summed E-state index contributed by atoms with van der Waals surface area (Å²) in [5.74, 6) is 0.936. The number of allylic oxidation sites excluding steroid dienone is 2. The molecule has 1 aliphatic rings. The van der Waals surface area contributed by atoms with Crippen molar-refractivity contribution in [2.45, 2.75) is 46.2 Å². The van der Waals surface area contributed by atoms with E-state index in [1.54, 1.807) is 6.21 Å². The number of halogens is 1. The number of benzene rings is 1. The first-order valence-electron chi connectivity index (χ1n) is 9.01. The molecule has 0 saturated heterocycles. The van der Waals surface area contributed by atoms with Gasteiger partial charge in [0.1, 0.15) is 12.4 Å². The summed E-state index contributed by atoms with van der Waals surface area (Å²) >= 11 is 6.30. The minimum atomic E-state index is -0.340. The van der Waals surface area contributed by atoms with E-state index in [9.17, 15) is 0 Å². The first kappa shape index (κ1) is 19.8. The summed E-state index contributed by atoms with van der Waals surface area (Å²) in [7, 11) is 0. The molecule has 1 unspecified atom stereocenters. The number of aliphatic imine (C=N–C) groups is 1. The molecule has 4 nitrogen and oxygen atoms in total. The Morgan fingerprint density at radius 1 is 1.16 bits per heavy atom. The van der Waals surface area contributed by atoms with E-state index in [-0.39, 0.29) is 5.62 Å². The van der Waals surface area contributed by atoms with Gasteiger partial charge in [0, 0.05) is 18.5 Å². The van der Waals surface area contributed by atoms with Gasteiger partial charge in [-0.25, -0.2) is 0 Å². The predicted molar refractivity (Wildman–Crippen MR) is 105 cm³/mol. The van der Waals surface area contributed by atoms with Crippen LogP contribution in [0.1, 0.15) is 37.0 Å². The molecule has 25 heavy (non-hydrogen) atoms. The molecule has 0 bridgehead atoms. The number of alkyl halides is 1. The molecule has 138 valence electrons. The lowest BCUT2D eigenvalue weighted by molar-refractivity contribution is 0.151. The molecule has 5 heteroatoms. The Kier molecular flexibility index (Phi) is 7.79. The van der Waals surface area contributed by atoms with Crippen LogP contribution in [0.4, 0.5) is 0 Å². The van der Waals surface area contributed by atoms with Crippen LogP contribution in [0.3, 0.4) is 0 Å². The molecule has 0 spiro atoms. The van der Waals surface area contributed by atoms with E-state index < -0.39 is 0 Å². The summed E-state index contributed by atoms with van der Waals surface area (Å²) in [5, 5.41) is 0. The molecule has 0 radical (unpaired) electrons. The maximum atomic E-state index is 6.30. The van der Waals surface area contributed by atoms with Crippen LogP contribution in [0.15, 0.2) is 28.9 Å². The van der Waals surface area contributed by atoms with Crippen molar-refractivity contribution >= 4 is 17.8 Å². The SMILES string of the molecule is CCOCCc1ccc(OCCN2C(CC)=CC=NC2Cl)c(C)c1C. The zero-order valence-corrected chi connectivity index (χ0v) is 16.5. The molecular weight excluding hydrogens is 336 g/mol. The molecule has 1 aromatic rings. The van der Waals surface area contributed by atoms with Gasteiger partial charge in [-0.3, -0.25) is 4.99 Å². The van der Waals surface area contributed by atoms with Gasteiger partial charge in [0.05, 0.1) is 13.2 Å². The molecule has 1 atom stereocenters. The topological polar surface area (TPSA) is 34.1 Å². The van der Waals surface area contributed by atoms with E-state index in [1.165, 1.54) is 22.4 Å². The van der Waals surface area contributed by atoms with Crippen LogP contribution in [0.2, 0.25) is 0 Å². The molecule has 0 N–H and O–H groups in total. The third-order valence-electron chi connectivity index (χ3n) is 4.62. The second kappa shape index (κ2) is 9.83. The molecular formula is C20H29ClN2O2. The number of rotatable bonds is 9. The Morgan fingerprint density at radius 2 is 1.96 bits per heavy atom. The highest BCUT2D eigenvalue weighted by molar-refractivity contribution is 6.20. The van der Waals surface area contributed by atoms with Crippen LogP contribution >= 0.6 is 11.6 Å². The van der Waals surface area contributed by atoms with E-state index in [4.69, 9.17) is 21.1 Å². The first-order valence-corrected chi connectivity index (χ1v) is 9.44. The number of nitrogens with zero attached hydrogens (tertiary/aromatic N) is 2. The van der Waals surface area contributed by atoms with Gasteiger partial charge in [0.2, 0.25) is 0 Å². The van der Waals surface area contributed by atoms with Crippen molar-refractivity contribution in [1.82, 2.24) is 4.90 Å². The standard InChI is InChI=1S/C20H29ClN2O2/c1-5-18-9-11-22-20(21)23(18)12-14-25-19-8-7-17(10-13-24-6-2)15(3)16(19)4/h7-9,11,20H,5-6,10,12-14H2,1-4H3. The summed E-state index contributed by atoms with van der Waals surface area (Å²) in [5.41, 5.74) is 4.65. The number of ether oxygens (including phenoxy) is 2. The monoisotopic (exact) mass is 364 g/mol. The lowest BCUT2D eigenvalue weighted by atomic mass is 10.0.